The van der Waals surface area contributed by atoms with Gasteiger partial charge in [-0.05, 0) is 37.0 Å². The first-order valence-electron chi connectivity index (χ1n) is 14.4. The van der Waals surface area contributed by atoms with Crippen molar-refractivity contribution in [3.05, 3.63) is 0 Å². The van der Waals surface area contributed by atoms with E-state index in [0.717, 1.165) is 6.04 Å². The predicted octanol–water partition coefficient (Wildman–Crippen LogP) is 3.78. The Balaban J connectivity index is 2.40. The van der Waals surface area contributed by atoms with Gasteiger partial charge >= 0.3 is 29.8 Å². The number of carboxylic acid groups (broad SMARTS) is 1. The fraction of sp³-hybridized carbons (Fsp3) is 0.821. The molecule has 0 spiro atoms. The third kappa shape index (κ3) is 9.83. The minimum atomic E-state index is -1.64. The van der Waals surface area contributed by atoms with Gasteiger partial charge < -0.3 is 19.3 Å². The average molecular weight is 619 g/mol. The summed E-state index contributed by atoms with van der Waals surface area (Å²) in [6.45, 7) is 11.7. The van der Waals surface area contributed by atoms with Gasteiger partial charge in [-0.2, -0.15) is 0 Å². The van der Waals surface area contributed by atoms with Crippen LogP contribution in [0.3, 0.4) is 0 Å². The smallest absolute Gasteiger partial charge is 0.317 e. The van der Waals surface area contributed by atoms with Crippen LogP contribution in [0, 0.1) is 35.0 Å². The number of hydrogen-bond acceptors (Lipinski definition) is 12. The molecule has 0 aliphatic carbocycles. The molecule has 0 radical (unpaired) electrons. The van der Waals surface area contributed by atoms with Crippen LogP contribution < -0.4 is 0 Å². The molecule has 240 valence electrons. The van der Waals surface area contributed by atoms with Crippen molar-refractivity contribution in [1.82, 2.24) is 0 Å². The summed E-state index contributed by atoms with van der Waals surface area (Å²) >= 11 is 0. The zero-order valence-electron chi connectivity index (χ0n) is 25.3. The van der Waals surface area contributed by atoms with E-state index in [0.29, 0.717) is 12.8 Å². The molecule has 0 amide bonds. The molecule has 8 unspecified atom stereocenters. The maximum Gasteiger partial charge on any atom is 0.317 e. The monoisotopic (exact) mass is 618 g/mol. The van der Waals surface area contributed by atoms with Crippen LogP contribution in [-0.2, 0) is 48.0 Å². The van der Waals surface area contributed by atoms with Crippen molar-refractivity contribution in [3.8, 4) is 0 Å². The van der Waals surface area contributed by atoms with E-state index in [1.165, 1.54) is 0 Å². The zero-order valence-corrected chi connectivity index (χ0v) is 26.3. The summed E-state index contributed by atoms with van der Waals surface area (Å²) in [5.74, 6) is -6.90. The molecule has 0 aromatic carbocycles. The third-order valence-electron chi connectivity index (χ3n) is 8.53. The summed E-state index contributed by atoms with van der Waals surface area (Å²) in [4.78, 5) is 70.5. The first kappa shape index (κ1) is 35.8. The lowest BCUT2D eigenvalue weighted by Gasteiger charge is -2.43. The Morgan fingerprint density at radius 3 is 2.31 bits per heavy atom. The van der Waals surface area contributed by atoms with Crippen LogP contribution in [0.2, 0.25) is 25.7 Å². The molecule has 2 rings (SSSR count). The lowest BCUT2D eigenvalue weighted by Crippen LogP contribution is -2.47. The van der Waals surface area contributed by atoms with Gasteiger partial charge in [-0.25, -0.2) is 9.78 Å². The van der Waals surface area contributed by atoms with Crippen LogP contribution in [0.5, 0.6) is 0 Å². The highest BCUT2D eigenvalue weighted by Crippen LogP contribution is 2.46. The molecule has 13 nitrogen and oxygen atoms in total. The lowest BCUT2D eigenvalue weighted by molar-refractivity contribution is -0.324. The molecule has 8 atom stereocenters. The molecule has 14 heteroatoms. The molecule has 0 saturated carbocycles. The Morgan fingerprint density at radius 1 is 1.12 bits per heavy atom. The quantitative estimate of drug-likeness (QED) is 0.0533. The van der Waals surface area contributed by atoms with Gasteiger partial charge in [0.15, 0.2) is 0 Å². The van der Waals surface area contributed by atoms with Gasteiger partial charge in [-0.1, -0.05) is 52.9 Å². The summed E-state index contributed by atoms with van der Waals surface area (Å²) < 4.78 is 15.2. The van der Waals surface area contributed by atoms with E-state index in [1.54, 1.807) is 13.8 Å². The largest absolute Gasteiger partial charge is 0.481 e. The maximum atomic E-state index is 13.1. The second kappa shape index (κ2) is 15.4. The van der Waals surface area contributed by atoms with E-state index in [4.69, 9.17) is 24.2 Å². The van der Waals surface area contributed by atoms with Crippen molar-refractivity contribution in [1.29, 1.82) is 0 Å². The molecule has 2 fully saturated rings. The van der Waals surface area contributed by atoms with E-state index >= 15 is 0 Å². The minimum Gasteiger partial charge on any atom is -0.481 e. The van der Waals surface area contributed by atoms with Crippen molar-refractivity contribution < 1.29 is 63.6 Å². The molecule has 2 aliphatic heterocycles. The number of carbonyl (C=O) groups excluding carboxylic acids is 4. The first-order valence-corrected chi connectivity index (χ1v) is 18.1. The van der Waals surface area contributed by atoms with E-state index in [9.17, 15) is 34.5 Å². The van der Waals surface area contributed by atoms with Crippen molar-refractivity contribution in [2.75, 3.05) is 13.2 Å². The van der Waals surface area contributed by atoms with Crippen LogP contribution in [0.25, 0.3) is 0 Å². The van der Waals surface area contributed by atoms with Gasteiger partial charge in [0.2, 0.25) is 0 Å². The highest BCUT2D eigenvalue weighted by Gasteiger charge is 2.52. The number of esters is 4. The van der Waals surface area contributed by atoms with Crippen molar-refractivity contribution >= 4 is 37.9 Å². The van der Waals surface area contributed by atoms with E-state index in [2.05, 4.69) is 24.5 Å². The predicted molar refractivity (Wildman–Crippen MR) is 148 cm³/mol. The second-order valence-electron chi connectivity index (χ2n) is 13.2. The van der Waals surface area contributed by atoms with Crippen LogP contribution in [0.1, 0.15) is 59.3 Å². The van der Waals surface area contributed by atoms with E-state index in [-0.39, 0.29) is 31.8 Å². The molecular formula is C28H46O13Si. The number of carboxylic acids is 1. The van der Waals surface area contributed by atoms with Crippen LogP contribution in [-0.4, -0.2) is 79.0 Å². The number of aliphatic carboxylic acids is 1. The third-order valence-corrected chi connectivity index (χ3v) is 10.3. The Labute approximate surface area is 247 Å². The Bertz CT molecular complexity index is 979. The number of ether oxygens (including phenoxy) is 3. The minimum absolute atomic E-state index is 0.0550. The summed E-state index contributed by atoms with van der Waals surface area (Å²) in [6, 6.07) is 0.805. The molecular weight excluding hydrogens is 572 g/mol. The summed E-state index contributed by atoms with van der Waals surface area (Å²) in [7, 11) is -1.64. The number of cyclic esters (lactones) is 3. The Kier molecular flexibility index (Phi) is 13.1. The number of hydrogen-bond donors (Lipinski definition) is 3. The van der Waals surface area contributed by atoms with Gasteiger partial charge in [-0.3, -0.25) is 34.5 Å². The van der Waals surface area contributed by atoms with Gasteiger partial charge in [0.05, 0.1) is 24.9 Å². The van der Waals surface area contributed by atoms with Gasteiger partial charge in [0, 0.05) is 13.5 Å². The lowest BCUT2D eigenvalue weighted by atomic mass is 9.67. The summed E-state index contributed by atoms with van der Waals surface area (Å²) in [6.07, 6.45) is -1.73. The number of rotatable bonds is 17. The normalized spacial score (nSPS) is 26.5. The summed E-state index contributed by atoms with van der Waals surface area (Å²) in [5, 5.41) is 28.6. The van der Waals surface area contributed by atoms with E-state index < -0.39 is 92.2 Å². The standard InChI is InChI=1S/C28H46O13Si/c1-7-17(15-42(4,5)6)24-19(26(33)39-27(24)34)11-18(25(41-36)28(3)8-9-37-23(32)13-28)10-16(2)20(40-35)14-38-22(31)12-21(29)30/h16-20,24-25,35-36H,7-15H2,1-6H3,(H,29,30). The van der Waals surface area contributed by atoms with Crippen LogP contribution in [0.4, 0.5) is 0 Å². The highest BCUT2D eigenvalue weighted by molar-refractivity contribution is 6.76. The molecule has 2 saturated heterocycles. The summed E-state index contributed by atoms with van der Waals surface area (Å²) in [5.41, 5.74) is -0.886. The zero-order chi connectivity index (χ0) is 31.8. The van der Waals surface area contributed by atoms with Crippen molar-refractivity contribution in [2.24, 2.45) is 35.0 Å². The van der Waals surface area contributed by atoms with Gasteiger partial charge in [0.1, 0.15) is 25.2 Å². The molecule has 3 N–H and O–H groups in total. The SMILES string of the molecule is CCC(C[Si](C)(C)C)C1C(=O)OC(=O)C1CC(CC(C)C(COC(=O)CC(=O)O)OO)C(OO)C1(C)CCOC(=O)C1. The second-order valence-corrected chi connectivity index (χ2v) is 18.8. The number of carbonyl (C=O) groups is 5. The molecule has 0 aromatic heterocycles. The fourth-order valence-corrected chi connectivity index (χ4v) is 8.58. The molecule has 42 heavy (non-hydrogen) atoms. The average Bonchev–Trinajstić information content (AvgIpc) is 3.14. The molecule has 2 aliphatic rings. The van der Waals surface area contributed by atoms with Crippen LogP contribution >= 0.6 is 0 Å². The maximum absolute atomic E-state index is 13.1. The highest BCUT2D eigenvalue weighted by atomic mass is 28.3. The Hall–Kier alpha value is -2.39. The van der Waals surface area contributed by atoms with Crippen molar-refractivity contribution in [2.45, 2.75) is 97.2 Å². The molecule has 0 aromatic rings. The van der Waals surface area contributed by atoms with E-state index in [1.807, 2.05) is 6.92 Å². The molecule has 2 heterocycles. The van der Waals surface area contributed by atoms with Gasteiger partial charge in [0.25, 0.3) is 0 Å². The fourth-order valence-electron chi connectivity index (χ4n) is 6.47. The van der Waals surface area contributed by atoms with Gasteiger partial charge in [-0.15, -0.1) is 0 Å². The Morgan fingerprint density at radius 2 is 1.79 bits per heavy atom. The van der Waals surface area contributed by atoms with Crippen molar-refractivity contribution in [3.63, 3.8) is 0 Å². The van der Waals surface area contributed by atoms with Crippen LogP contribution in [0.15, 0.2) is 0 Å². The topological polar surface area (TPSA) is 192 Å². The first-order chi connectivity index (χ1) is 19.5. The molecule has 0 bridgehead atoms.